The van der Waals surface area contributed by atoms with E-state index >= 15 is 0 Å². The first kappa shape index (κ1) is 18.2. The molecule has 2 fully saturated rings. The third kappa shape index (κ3) is 2.50. The summed E-state index contributed by atoms with van der Waals surface area (Å²) in [5.41, 5.74) is 7.48. The topological polar surface area (TPSA) is 9.23 Å². The Labute approximate surface area is 160 Å². The lowest BCUT2D eigenvalue weighted by molar-refractivity contribution is -0.0318. The van der Waals surface area contributed by atoms with Crippen molar-refractivity contribution in [2.75, 3.05) is 7.11 Å². The molecule has 0 radical (unpaired) electrons. The summed E-state index contributed by atoms with van der Waals surface area (Å²) in [5, 5.41) is 0. The fourth-order valence-electron chi connectivity index (χ4n) is 7.50. The third-order valence-electron chi connectivity index (χ3n) is 8.89. The van der Waals surface area contributed by atoms with Gasteiger partial charge in [0.25, 0.3) is 0 Å². The zero-order chi connectivity index (χ0) is 18.5. The lowest BCUT2D eigenvalue weighted by atomic mass is 9.48. The smallest absolute Gasteiger partial charge is 0.0958 e. The van der Waals surface area contributed by atoms with Crippen molar-refractivity contribution >= 4 is 0 Å². The van der Waals surface area contributed by atoms with Gasteiger partial charge in [-0.05, 0) is 110 Å². The van der Waals surface area contributed by atoms with E-state index < -0.39 is 0 Å². The van der Waals surface area contributed by atoms with Crippen LogP contribution in [0.4, 0.5) is 0 Å². The highest BCUT2D eigenvalue weighted by Gasteiger charge is 2.58. The summed E-state index contributed by atoms with van der Waals surface area (Å²) in [5.74, 6) is 4.56. The van der Waals surface area contributed by atoms with Gasteiger partial charge < -0.3 is 4.74 Å². The molecule has 0 spiro atoms. The first-order valence-electron chi connectivity index (χ1n) is 10.8. The van der Waals surface area contributed by atoms with Crippen LogP contribution in [0.1, 0.15) is 72.6 Å². The van der Waals surface area contributed by atoms with Gasteiger partial charge in [-0.15, -0.1) is 5.73 Å². The summed E-state index contributed by atoms with van der Waals surface area (Å²) in [6, 6.07) is 0. The Morgan fingerprint density at radius 2 is 2.00 bits per heavy atom. The zero-order valence-electron chi connectivity index (χ0n) is 17.4. The summed E-state index contributed by atoms with van der Waals surface area (Å²) in [6.07, 6.45) is 16.3. The summed E-state index contributed by atoms with van der Waals surface area (Å²) >= 11 is 0. The maximum atomic E-state index is 5.58. The molecule has 4 aliphatic rings. The predicted molar refractivity (Wildman–Crippen MR) is 109 cm³/mol. The Morgan fingerprint density at radius 3 is 2.73 bits per heavy atom. The Kier molecular flexibility index (Phi) is 4.51. The van der Waals surface area contributed by atoms with E-state index in [0.29, 0.717) is 10.8 Å². The predicted octanol–water partition coefficient (Wildman–Crippen LogP) is 6.83. The Hall–Kier alpha value is -1.20. The highest BCUT2D eigenvalue weighted by atomic mass is 16.5. The van der Waals surface area contributed by atoms with E-state index in [1.54, 1.807) is 5.57 Å². The number of rotatable bonds is 2. The van der Waals surface area contributed by atoms with Crippen LogP contribution in [0.5, 0.6) is 0 Å². The number of allylic oxidation sites excluding steroid dienone is 5. The van der Waals surface area contributed by atoms with Gasteiger partial charge in [0.1, 0.15) is 0 Å². The van der Waals surface area contributed by atoms with Crippen LogP contribution in [0.25, 0.3) is 0 Å². The highest BCUT2D eigenvalue weighted by molar-refractivity contribution is 5.36. The number of hydrogen-bond acceptors (Lipinski definition) is 1. The summed E-state index contributed by atoms with van der Waals surface area (Å²) in [6.45, 7) is 9.59. The van der Waals surface area contributed by atoms with Gasteiger partial charge in [-0.25, -0.2) is 0 Å². The van der Waals surface area contributed by atoms with Crippen LogP contribution in [0.15, 0.2) is 40.9 Å². The summed E-state index contributed by atoms with van der Waals surface area (Å²) < 4.78 is 5.58. The van der Waals surface area contributed by atoms with Crippen LogP contribution in [0, 0.1) is 34.5 Å². The summed E-state index contributed by atoms with van der Waals surface area (Å²) in [7, 11) is 1.83. The van der Waals surface area contributed by atoms with Crippen molar-refractivity contribution in [2.24, 2.45) is 34.5 Å². The molecule has 0 heterocycles. The minimum atomic E-state index is 0.374. The van der Waals surface area contributed by atoms with Gasteiger partial charge in [-0.2, -0.15) is 0 Å². The van der Waals surface area contributed by atoms with Crippen molar-refractivity contribution in [3.05, 3.63) is 40.9 Å². The molecule has 0 aromatic rings. The first-order valence-corrected chi connectivity index (χ1v) is 10.8. The SMILES string of the molecule is CC=C=C(C)C1CCC2C3CC=C4C=C(OC)CC[C@]4(C)C3CC[C@]12C. The summed E-state index contributed by atoms with van der Waals surface area (Å²) in [4.78, 5) is 0. The number of ether oxygens (including phenoxy) is 1. The van der Waals surface area contributed by atoms with Crippen molar-refractivity contribution in [3.8, 4) is 0 Å². The second-order valence-electron chi connectivity index (χ2n) is 9.79. The molecule has 0 aromatic heterocycles. The van der Waals surface area contributed by atoms with Crippen molar-refractivity contribution in [2.45, 2.75) is 72.6 Å². The van der Waals surface area contributed by atoms with Gasteiger partial charge in [0.2, 0.25) is 0 Å². The van der Waals surface area contributed by atoms with E-state index in [9.17, 15) is 0 Å². The molecular formula is C25H36O. The fourth-order valence-corrected chi connectivity index (χ4v) is 7.50. The monoisotopic (exact) mass is 352 g/mol. The van der Waals surface area contributed by atoms with Gasteiger partial charge in [0.05, 0.1) is 12.9 Å². The lowest BCUT2D eigenvalue weighted by Gasteiger charge is -2.57. The maximum Gasteiger partial charge on any atom is 0.0958 e. The first-order chi connectivity index (χ1) is 12.4. The lowest BCUT2D eigenvalue weighted by Crippen LogP contribution is -2.49. The highest BCUT2D eigenvalue weighted by Crippen LogP contribution is 2.66. The Bertz CT molecular complexity index is 704. The van der Waals surface area contributed by atoms with E-state index in [4.69, 9.17) is 4.74 Å². The average Bonchev–Trinajstić information content (AvgIpc) is 2.98. The minimum absolute atomic E-state index is 0.374. The zero-order valence-corrected chi connectivity index (χ0v) is 17.4. The molecular weight excluding hydrogens is 316 g/mol. The van der Waals surface area contributed by atoms with Crippen LogP contribution in [0.3, 0.4) is 0 Å². The molecule has 26 heavy (non-hydrogen) atoms. The third-order valence-corrected chi connectivity index (χ3v) is 8.89. The van der Waals surface area contributed by atoms with E-state index in [-0.39, 0.29) is 0 Å². The molecule has 4 aliphatic carbocycles. The average molecular weight is 353 g/mol. The van der Waals surface area contributed by atoms with Crippen LogP contribution in [-0.4, -0.2) is 7.11 Å². The van der Waals surface area contributed by atoms with E-state index in [0.717, 1.165) is 30.1 Å². The molecule has 0 N–H and O–H groups in total. The van der Waals surface area contributed by atoms with Gasteiger partial charge in [-0.3, -0.25) is 0 Å². The Morgan fingerprint density at radius 1 is 1.19 bits per heavy atom. The quantitative estimate of drug-likeness (QED) is 0.495. The molecule has 0 aromatic carbocycles. The number of hydrogen-bond donors (Lipinski definition) is 0. The molecule has 6 atom stereocenters. The molecule has 142 valence electrons. The second-order valence-corrected chi connectivity index (χ2v) is 9.79. The van der Waals surface area contributed by atoms with Crippen LogP contribution >= 0.6 is 0 Å². The molecule has 0 aliphatic heterocycles. The van der Waals surface area contributed by atoms with Crippen molar-refractivity contribution in [3.63, 3.8) is 0 Å². The number of methoxy groups -OCH3 is 1. The number of fused-ring (bicyclic) bond motifs is 5. The molecule has 0 amide bonds. The van der Waals surface area contributed by atoms with Gasteiger partial charge in [-0.1, -0.05) is 19.9 Å². The molecule has 0 saturated heterocycles. The molecule has 4 rings (SSSR count). The van der Waals surface area contributed by atoms with Crippen LogP contribution in [-0.2, 0) is 4.74 Å². The maximum absolute atomic E-state index is 5.58. The van der Waals surface area contributed by atoms with E-state index in [1.165, 1.54) is 49.9 Å². The minimum Gasteiger partial charge on any atom is -0.501 e. The molecule has 0 bridgehead atoms. The fraction of sp³-hybridized carbons (Fsp3) is 0.720. The second kappa shape index (κ2) is 6.45. The van der Waals surface area contributed by atoms with Gasteiger partial charge >= 0.3 is 0 Å². The largest absolute Gasteiger partial charge is 0.501 e. The van der Waals surface area contributed by atoms with E-state index in [2.05, 4.69) is 51.7 Å². The molecule has 2 saturated carbocycles. The van der Waals surface area contributed by atoms with Crippen molar-refractivity contribution in [1.82, 2.24) is 0 Å². The Balaban J connectivity index is 1.66. The normalized spacial score (nSPS) is 43.9. The molecule has 1 heteroatoms. The van der Waals surface area contributed by atoms with Crippen LogP contribution < -0.4 is 0 Å². The van der Waals surface area contributed by atoms with Crippen molar-refractivity contribution in [1.29, 1.82) is 0 Å². The van der Waals surface area contributed by atoms with Crippen molar-refractivity contribution < 1.29 is 4.74 Å². The standard InChI is InChI=1S/C25H36O/c1-6-7-17(2)21-10-11-22-20-9-8-18-16-19(26-5)12-14-24(18,3)23(20)13-15-25(21,22)4/h6,8,16,20-23H,9-15H2,1-5H3/t7?,20?,21?,22?,23?,24-,25+/m0/s1. The molecule has 1 nitrogen and oxygen atoms in total. The van der Waals surface area contributed by atoms with Gasteiger partial charge in [0.15, 0.2) is 0 Å². The van der Waals surface area contributed by atoms with Crippen LogP contribution in [0.2, 0.25) is 0 Å². The van der Waals surface area contributed by atoms with Gasteiger partial charge in [0, 0.05) is 6.42 Å². The molecule has 4 unspecified atom stereocenters. The van der Waals surface area contributed by atoms with E-state index in [1.807, 2.05) is 7.11 Å².